The summed E-state index contributed by atoms with van der Waals surface area (Å²) in [5, 5.41) is 1.64. The summed E-state index contributed by atoms with van der Waals surface area (Å²) in [6.07, 6.45) is 1.59. The minimum Gasteiger partial charge on any atom is -0.322 e. The number of carbonyl (C=O) groups is 3. The second-order valence-electron chi connectivity index (χ2n) is 6.76. The summed E-state index contributed by atoms with van der Waals surface area (Å²) in [4.78, 5) is 37.8. The minimum absolute atomic E-state index is 0.202. The average molecular weight is 416 g/mol. The Morgan fingerprint density at radius 3 is 2.45 bits per heavy atom. The first kappa shape index (κ1) is 20.7. The molecule has 1 saturated heterocycles. The molecule has 0 bridgehead atoms. The quantitative estimate of drug-likeness (QED) is 0.714. The van der Waals surface area contributed by atoms with Crippen LogP contribution in [-0.2, 0) is 9.59 Å². The molecule has 150 valence electrons. The molecule has 0 radical (unpaired) electrons. The third kappa shape index (κ3) is 4.89. The van der Waals surface area contributed by atoms with Crippen molar-refractivity contribution in [3.63, 3.8) is 0 Å². The highest BCUT2D eigenvalue weighted by atomic mass is 32.2. The maximum atomic E-state index is 13.6. The Labute approximate surface area is 170 Å². The number of nitrogens with one attached hydrogen (secondary N) is 1. The van der Waals surface area contributed by atoms with Gasteiger partial charge >= 0.3 is 0 Å². The molecule has 2 aromatic rings. The van der Waals surface area contributed by atoms with Gasteiger partial charge in [0.1, 0.15) is 18.2 Å². The fraction of sp³-hybridized carbons (Fsp3) is 0.190. The molecule has 0 aromatic heterocycles. The van der Waals surface area contributed by atoms with Gasteiger partial charge in [0.2, 0.25) is 5.91 Å². The number of nitrogens with zero attached hydrogens (tertiary/aromatic N) is 1. The first-order chi connectivity index (χ1) is 13.7. The highest BCUT2D eigenvalue weighted by Crippen LogP contribution is 2.32. The third-order valence-electron chi connectivity index (χ3n) is 4.28. The molecule has 8 heteroatoms. The van der Waals surface area contributed by atoms with Crippen molar-refractivity contribution in [2.45, 2.75) is 19.8 Å². The summed E-state index contributed by atoms with van der Waals surface area (Å²) < 4.78 is 26.6. The second kappa shape index (κ2) is 8.57. The summed E-state index contributed by atoms with van der Waals surface area (Å²) in [6, 6.07) is 10.3. The van der Waals surface area contributed by atoms with Crippen molar-refractivity contribution in [1.82, 2.24) is 4.90 Å². The maximum absolute atomic E-state index is 13.6. The Bertz CT molecular complexity index is 1000. The molecule has 3 amide bonds. The predicted molar refractivity (Wildman–Crippen MR) is 108 cm³/mol. The van der Waals surface area contributed by atoms with Crippen LogP contribution in [0.3, 0.4) is 0 Å². The number of rotatable bonds is 5. The fourth-order valence-corrected chi connectivity index (χ4v) is 3.53. The Morgan fingerprint density at radius 2 is 1.83 bits per heavy atom. The summed E-state index contributed by atoms with van der Waals surface area (Å²) >= 11 is 0.735. The zero-order valence-electron chi connectivity index (χ0n) is 15.7. The summed E-state index contributed by atoms with van der Waals surface area (Å²) in [5.74, 6) is -2.71. The van der Waals surface area contributed by atoms with E-state index in [0.29, 0.717) is 12.0 Å². The van der Waals surface area contributed by atoms with Crippen molar-refractivity contribution < 1.29 is 23.2 Å². The minimum atomic E-state index is -0.947. The molecular weight excluding hydrogens is 398 g/mol. The van der Waals surface area contributed by atoms with Crippen LogP contribution >= 0.6 is 11.8 Å². The van der Waals surface area contributed by atoms with Gasteiger partial charge in [-0.2, -0.15) is 0 Å². The first-order valence-electron chi connectivity index (χ1n) is 8.85. The van der Waals surface area contributed by atoms with Crippen LogP contribution < -0.4 is 5.32 Å². The van der Waals surface area contributed by atoms with Gasteiger partial charge in [-0.3, -0.25) is 19.3 Å². The monoisotopic (exact) mass is 416 g/mol. The molecule has 0 saturated carbocycles. The van der Waals surface area contributed by atoms with Gasteiger partial charge in [0.05, 0.1) is 10.6 Å². The van der Waals surface area contributed by atoms with Crippen LogP contribution in [0.2, 0.25) is 0 Å². The van der Waals surface area contributed by atoms with E-state index in [4.69, 9.17) is 0 Å². The molecule has 1 fully saturated rings. The molecule has 0 aliphatic carbocycles. The third-order valence-corrected chi connectivity index (χ3v) is 5.19. The lowest BCUT2D eigenvalue weighted by molar-refractivity contribution is -0.127. The van der Waals surface area contributed by atoms with Crippen LogP contribution in [0.4, 0.5) is 19.3 Å². The van der Waals surface area contributed by atoms with Crippen molar-refractivity contribution in [2.24, 2.45) is 0 Å². The number of imide groups is 1. The van der Waals surface area contributed by atoms with E-state index in [1.54, 1.807) is 6.08 Å². The van der Waals surface area contributed by atoms with Crippen molar-refractivity contribution in [3.05, 3.63) is 70.1 Å². The topological polar surface area (TPSA) is 66.5 Å². The molecule has 2 aromatic carbocycles. The van der Waals surface area contributed by atoms with Crippen LogP contribution in [0.1, 0.15) is 30.9 Å². The van der Waals surface area contributed by atoms with Crippen LogP contribution in [0, 0.1) is 11.6 Å². The molecule has 5 nitrogen and oxygen atoms in total. The average Bonchev–Trinajstić information content (AvgIpc) is 2.92. The maximum Gasteiger partial charge on any atom is 0.294 e. The number of hydrogen-bond donors (Lipinski definition) is 1. The van der Waals surface area contributed by atoms with Gasteiger partial charge in [0, 0.05) is 6.07 Å². The molecule has 1 heterocycles. The Morgan fingerprint density at radius 1 is 1.14 bits per heavy atom. The molecule has 0 spiro atoms. The van der Waals surface area contributed by atoms with Crippen molar-refractivity contribution in [1.29, 1.82) is 0 Å². The fourth-order valence-electron chi connectivity index (χ4n) is 2.69. The SMILES string of the molecule is CC(C)c1ccc(C=C2SC(=O)N(CC(=O)Nc3ccc(F)cc3F)C2=O)cc1. The molecule has 1 N–H and O–H groups in total. The summed E-state index contributed by atoms with van der Waals surface area (Å²) in [7, 11) is 0. The van der Waals surface area contributed by atoms with E-state index < -0.39 is 35.2 Å². The van der Waals surface area contributed by atoms with Crippen LogP contribution in [0.5, 0.6) is 0 Å². The summed E-state index contributed by atoms with van der Waals surface area (Å²) in [5.41, 5.74) is 1.68. The molecule has 0 atom stereocenters. The van der Waals surface area contributed by atoms with Gasteiger partial charge in [-0.15, -0.1) is 0 Å². The first-order valence-corrected chi connectivity index (χ1v) is 9.66. The standard InChI is InChI=1S/C21H18F2N2O3S/c1-12(2)14-5-3-13(4-6-14)9-18-20(27)25(21(28)29-18)11-19(26)24-17-8-7-15(22)10-16(17)23/h3-10,12H,11H2,1-2H3,(H,24,26). The van der Waals surface area contributed by atoms with Crippen molar-refractivity contribution in [3.8, 4) is 0 Å². The number of thioether (sulfide) groups is 1. The largest absolute Gasteiger partial charge is 0.322 e. The predicted octanol–water partition coefficient (Wildman–Crippen LogP) is 4.76. The normalized spacial score (nSPS) is 15.5. The van der Waals surface area contributed by atoms with Crippen LogP contribution in [0.15, 0.2) is 47.4 Å². The van der Waals surface area contributed by atoms with Gasteiger partial charge in [0.25, 0.3) is 11.1 Å². The van der Waals surface area contributed by atoms with Crippen molar-refractivity contribution >= 4 is 40.6 Å². The molecule has 0 unspecified atom stereocenters. The van der Waals surface area contributed by atoms with E-state index in [0.717, 1.165) is 39.9 Å². The zero-order valence-corrected chi connectivity index (χ0v) is 16.6. The lowest BCUT2D eigenvalue weighted by atomic mass is 10.0. The van der Waals surface area contributed by atoms with Crippen LogP contribution in [-0.4, -0.2) is 28.5 Å². The van der Waals surface area contributed by atoms with Crippen LogP contribution in [0.25, 0.3) is 6.08 Å². The molecular formula is C21H18F2N2O3S. The highest BCUT2D eigenvalue weighted by molar-refractivity contribution is 8.18. The summed E-state index contributed by atoms with van der Waals surface area (Å²) in [6.45, 7) is 3.58. The molecule has 3 rings (SSSR count). The van der Waals surface area contributed by atoms with Gasteiger partial charge in [-0.25, -0.2) is 8.78 Å². The Hall–Kier alpha value is -3.00. The molecule has 1 aliphatic rings. The number of benzene rings is 2. The van der Waals surface area contributed by atoms with Crippen molar-refractivity contribution in [2.75, 3.05) is 11.9 Å². The van der Waals surface area contributed by atoms with Gasteiger partial charge in [-0.05, 0) is 47.0 Å². The van der Waals surface area contributed by atoms with E-state index in [1.807, 2.05) is 24.3 Å². The number of anilines is 1. The Kier molecular flexibility index (Phi) is 6.12. The van der Waals surface area contributed by atoms with Gasteiger partial charge < -0.3 is 5.32 Å². The van der Waals surface area contributed by atoms with E-state index in [2.05, 4.69) is 19.2 Å². The van der Waals surface area contributed by atoms with E-state index >= 15 is 0 Å². The van der Waals surface area contributed by atoms with E-state index in [-0.39, 0.29) is 10.6 Å². The Balaban J connectivity index is 1.69. The number of amides is 3. The number of hydrogen-bond acceptors (Lipinski definition) is 4. The number of halogens is 2. The second-order valence-corrected chi connectivity index (χ2v) is 7.75. The molecule has 1 aliphatic heterocycles. The smallest absolute Gasteiger partial charge is 0.294 e. The zero-order chi connectivity index (χ0) is 21.1. The molecule has 29 heavy (non-hydrogen) atoms. The highest BCUT2D eigenvalue weighted by Gasteiger charge is 2.36. The lowest BCUT2D eigenvalue weighted by Crippen LogP contribution is -2.36. The van der Waals surface area contributed by atoms with E-state index in [1.165, 1.54) is 0 Å². The van der Waals surface area contributed by atoms with E-state index in [9.17, 15) is 23.2 Å². The lowest BCUT2D eigenvalue weighted by Gasteiger charge is -2.12. The van der Waals surface area contributed by atoms with Gasteiger partial charge in [-0.1, -0.05) is 38.1 Å². The van der Waals surface area contributed by atoms with Gasteiger partial charge in [0.15, 0.2) is 0 Å². The number of carbonyl (C=O) groups excluding carboxylic acids is 3.